The summed E-state index contributed by atoms with van der Waals surface area (Å²) >= 11 is 0. The molecule has 1 amide bonds. The molecule has 2 unspecified atom stereocenters. The van der Waals surface area contributed by atoms with Gasteiger partial charge in [-0.2, -0.15) is 0 Å². The van der Waals surface area contributed by atoms with Crippen LogP contribution in [0, 0.1) is 12.7 Å². The van der Waals surface area contributed by atoms with E-state index >= 15 is 0 Å². The zero-order valence-corrected chi connectivity index (χ0v) is 14.3. The first-order chi connectivity index (χ1) is 11.5. The fourth-order valence-electron chi connectivity index (χ4n) is 3.97. The molecule has 1 saturated carbocycles. The van der Waals surface area contributed by atoms with Crippen molar-refractivity contribution in [3.63, 3.8) is 0 Å². The van der Waals surface area contributed by atoms with E-state index in [1.54, 1.807) is 12.1 Å². The van der Waals surface area contributed by atoms with Crippen LogP contribution in [0.4, 0.5) is 4.39 Å². The van der Waals surface area contributed by atoms with E-state index in [2.05, 4.69) is 10.2 Å². The van der Waals surface area contributed by atoms with Gasteiger partial charge in [-0.05, 0) is 44.7 Å². The smallest absolute Gasteiger partial charge is 0.254 e. The fraction of sp³-hybridized carbons (Fsp3) is 0.632. The van der Waals surface area contributed by atoms with Crippen LogP contribution in [0.5, 0.6) is 0 Å². The number of halogens is 1. The molecule has 3 rings (SSSR count). The van der Waals surface area contributed by atoms with Crippen molar-refractivity contribution in [3.05, 3.63) is 35.1 Å². The SMILES string of the molecule is Cc1ccc(F)c(C(=O)NC2CCN(C3CCCCC3O)CC2)c1. The molecule has 2 aliphatic rings. The molecule has 0 bridgehead atoms. The first-order valence-corrected chi connectivity index (χ1v) is 9.03. The van der Waals surface area contributed by atoms with Crippen LogP contribution in [-0.4, -0.2) is 47.2 Å². The zero-order valence-electron chi connectivity index (χ0n) is 14.3. The molecule has 4 nitrogen and oxygen atoms in total. The first kappa shape index (κ1) is 17.4. The summed E-state index contributed by atoms with van der Waals surface area (Å²) in [5, 5.41) is 13.2. The highest BCUT2D eigenvalue weighted by Crippen LogP contribution is 2.26. The van der Waals surface area contributed by atoms with Crippen molar-refractivity contribution in [1.82, 2.24) is 10.2 Å². The maximum Gasteiger partial charge on any atom is 0.254 e. The normalized spacial score (nSPS) is 26.3. The summed E-state index contributed by atoms with van der Waals surface area (Å²) in [7, 11) is 0. The van der Waals surface area contributed by atoms with E-state index in [9.17, 15) is 14.3 Å². The molecule has 1 aromatic carbocycles. The number of aliphatic hydroxyl groups is 1. The Kier molecular flexibility index (Phi) is 5.51. The number of benzene rings is 1. The largest absolute Gasteiger partial charge is 0.391 e. The molecule has 0 aromatic heterocycles. The Balaban J connectivity index is 1.53. The van der Waals surface area contributed by atoms with Crippen LogP contribution in [0.2, 0.25) is 0 Å². The molecule has 24 heavy (non-hydrogen) atoms. The van der Waals surface area contributed by atoms with Gasteiger partial charge in [0.1, 0.15) is 5.82 Å². The minimum absolute atomic E-state index is 0.0781. The highest BCUT2D eigenvalue weighted by molar-refractivity contribution is 5.94. The molecule has 132 valence electrons. The van der Waals surface area contributed by atoms with Crippen LogP contribution < -0.4 is 5.32 Å². The maximum atomic E-state index is 13.8. The lowest BCUT2D eigenvalue weighted by Crippen LogP contribution is -2.52. The van der Waals surface area contributed by atoms with E-state index in [1.807, 2.05) is 6.92 Å². The van der Waals surface area contributed by atoms with Gasteiger partial charge in [-0.1, -0.05) is 24.5 Å². The second-order valence-electron chi connectivity index (χ2n) is 7.19. The Labute approximate surface area is 143 Å². The molecule has 1 heterocycles. The summed E-state index contributed by atoms with van der Waals surface area (Å²) in [6.45, 7) is 3.61. The molecule has 2 fully saturated rings. The highest BCUT2D eigenvalue weighted by Gasteiger charge is 2.31. The maximum absolute atomic E-state index is 13.8. The average Bonchev–Trinajstić information content (AvgIpc) is 2.58. The summed E-state index contributed by atoms with van der Waals surface area (Å²) in [6, 6.07) is 4.95. The van der Waals surface area contributed by atoms with E-state index in [4.69, 9.17) is 0 Å². The number of amides is 1. The van der Waals surface area contributed by atoms with Crippen molar-refractivity contribution in [1.29, 1.82) is 0 Å². The van der Waals surface area contributed by atoms with Gasteiger partial charge >= 0.3 is 0 Å². The van der Waals surface area contributed by atoms with E-state index in [0.29, 0.717) is 0 Å². The van der Waals surface area contributed by atoms with Gasteiger partial charge in [0.25, 0.3) is 5.91 Å². The molecule has 0 spiro atoms. The Morgan fingerprint density at radius 1 is 1.21 bits per heavy atom. The highest BCUT2D eigenvalue weighted by atomic mass is 19.1. The number of aliphatic hydroxyl groups excluding tert-OH is 1. The number of aryl methyl sites for hydroxylation is 1. The minimum Gasteiger partial charge on any atom is -0.391 e. The second kappa shape index (κ2) is 7.62. The minimum atomic E-state index is -0.471. The number of hydrogen-bond acceptors (Lipinski definition) is 3. The van der Waals surface area contributed by atoms with Gasteiger partial charge in [-0.25, -0.2) is 4.39 Å². The molecular formula is C19H27FN2O2. The summed E-state index contributed by atoms with van der Waals surface area (Å²) in [5.74, 6) is -0.798. The summed E-state index contributed by atoms with van der Waals surface area (Å²) in [4.78, 5) is 14.7. The molecule has 1 aliphatic carbocycles. The molecule has 1 aliphatic heterocycles. The van der Waals surface area contributed by atoms with Crippen molar-refractivity contribution in [2.75, 3.05) is 13.1 Å². The third-order valence-corrected chi connectivity index (χ3v) is 5.39. The van der Waals surface area contributed by atoms with Gasteiger partial charge in [-0.3, -0.25) is 9.69 Å². The second-order valence-corrected chi connectivity index (χ2v) is 7.19. The Morgan fingerprint density at radius 2 is 1.92 bits per heavy atom. The van der Waals surface area contributed by atoms with Crippen molar-refractivity contribution < 1.29 is 14.3 Å². The Morgan fingerprint density at radius 3 is 2.62 bits per heavy atom. The van der Waals surface area contributed by atoms with Gasteiger partial charge < -0.3 is 10.4 Å². The van der Waals surface area contributed by atoms with E-state index in [0.717, 1.165) is 50.8 Å². The summed E-state index contributed by atoms with van der Waals surface area (Å²) in [5.41, 5.74) is 1.00. The van der Waals surface area contributed by atoms with Gasteiger partial charge in [0, 0.05) is 25.2 Å². The number of piperidine rings is 1. The first-order valence-electron chi connectivity index (χ1n) is 9.03. The van der Waals surface area contributed by atoms with Crippen LogP contribution in [0.15, 0.2) is 18.2 Å². The van der Waals surface area contributed by atoms with E-state index in [-0.39, 0.29) is 29.7 Å². The number of carbonyl (C=O) groups is 1. The fourth-order valence-corrected chi connectivity index (χ4v) is 3.97. The van der Waals surface area contributed by atoms with Crippen LogP contribution in [0.25, 0.3) is 0 Å². The summed E-state index contributed by atoms with van der Waals surface area (Å²) < 4.78 is 13.8. The van der Waals surface area contributed by atoms with Crippen molar-refractivity contribution >= 4 is 5.91 Å². The van der Waals surface area contributed by atoms with Crippen LogP contribution in [0.1, 0.15) is 54.4 Å². The van der Waals surface area contributed by atoms with Crippen LogP contribution in [0.3, 0.4) is 0 Å². The lowest BCUT2D eigenvalue weighted by molar-refractivity contribution is 0.00726. The molecule has 5 heteroatoms. The molecule has 2 N–H and O–H groups in total. The third-order valence-electron chi connectivity index (χ3n) is 5.39. The number of rotatable bonds is 3. The van der Waals surface area contributed by atoms with E-state index in [1.165, 1.54) is 12.5 Å². The molecule has 2 atom stereocenters. The van der Waals surface area contributed by atoms with Crippen molar-refractivity contribution in [3.8, 4) is 0 Å². The standard InChI is InChI=1S/C19H27FN2O2/c1-13-6-7-16(20)15(12-13)19(24)21-14-8-10-22(11-9-14)17-4-2-3-5-18(17)23/h6-7,12,14,17-18,23H,2-5,8-11H2,1H3,(H,21,24). The number of nitrogens with one attached hydrogen (secondary N) is 1. The number of hydrogen-bond donors (Lipinski definition) is 2. The predicted octanol–water partition coefficient (Wildman–Crippen LogP) is 2.63. The number of carbonyl (C=O) groups excluding carboxylic acids is 1. The zero-order chi connectivity index (χ0) is 17.1. The number of nitrogens with zero attached hydrogens (tertiary/aromatic N) is 1. The van der Waals surface area contributed by atoms with Crippen LogP contribution >= 0.6 is 0 Å². The molecule has 0 radical (unpaired) electrons. The number of likely N-dealkylation sites (tertiary alicyclic amines) is 1. The van der Waals surface area contributed by atoms with Gasteiger partial charge in [0.15, 0.2) is 0 Å². The monoisotopic (exact) mass is 334 g/mol. The van der Waals surface area contributed by atoms with Crippen molar-refractivity contribution in [2.24, 2.45) is 0 Å². The quantitative estimate of drug-likeness (QED) is 0.893. The summed E-state index contributed by atoms with van der Waals surface area (Å²) in [6.07, 6.45) is 5.74. The third kappa shape index (κ3) is 3.95. The topological polar surface area (TPSA) is 52.6 Å². The van der Waals surface area contributed by atoms with Crippen LogP contribution in [-0.2, 0) is 0 Å². The predicted molar refractivity (Wildman–Crippen MR) is 91.5 cm³/mol. The lowest BCUT2D eigenvalue weighted by Gasteiger charge is -2.41. The molecular weight excluding hydrogens is 307 g/mol. The van der Waals surface area contributed by atoms with Crippen molar-refractivity contribution in [2.45, 2.75) is 63.6 Å². The Hall–Kier alpha value is -1.46. The average molecular weight is 334 g/mol. The Bertz CT molecular complexity index is 585. The van der Waals surface area contributed by atoms with Gasteiger partial charge in [-0.15, -0.1) is 0 Å². The lowest BCUT2D eigenvalue weighted by atomic mass is 9.89. The molecule has 1 aromatic rings. The van der Waals surface area contributed by atoms with E-state index < -0.39 is 5.82 Å². The van der Waals surface area contributed by atoms with Gasteiger partial charge in [0.2, 0.25) is 0 Å². The molecule has 1 saturated heterocycles. The van der Waals surface area contributed by atoms with Gasteiger partial charge in [0.05, 0.1) is 11.7 Å².